The number of nitriles is 1. The third-order valence-corrected chi connectivity index (χ3v) is 3.47. The Labute approximate surface area is 120 Å². The number of piperazine rings is 1. The summed E-state index contributed by atoms with van der Waals surface area (Å²) >= 11 is 6.07. The maximum atomic E-state index is 11.4. The van der Waals surface area contributed by atoms with Gasteiger partial charge in [-0.2, -0.15) is 5.26 Å². The number of amides is 1. The molecule has 1 fully saturated rings. The van der Waals surface area contributed by atoms with Crippen molar-refractivity contribution in [2.45, 2.75) is 12.6 Å². The average molecular weight is 294 g/mol. The molecule has 1 unspecified atom stereocenters. The number of benzene rings is 1. The average Bonchev–Trinajstić information content (AvgIpc) is 2.40. The van der Waals surface area contributed by atoms with Gasteiger partial charge in [0.25, 0.3) is 0 Å². The largest absolute Gasteiger partial charge is 0.480 e. The van der Waals surface area contributed by atoms with E-state index in [-0.39, 0.29) is 25.5 Å². The Morgan fingerprint density at radius 1 is 1.60 bits per heavy atom. The minimum Gasteiger partial charge on any atom is -0.480 e. The van der Waals surface area contributed by atoms with Crippen LogP contribution in [0.1, 0.15) is 11.1 Å². The van der Waals surface area contributed by atoms with Gasteiger partial charge in [-0.3, -0.25) is 14.5 Å². The number of aliphatic carboxylic acids is 1. The van der Waals surface area contributed by atoms with Crippen molar-refractivity contribution in [3.8, 4) is 6.07 Å². The number of halogens is 1. The van der Waals surface area contributed by atoms with E-state index in [0.717, 1.165) is 0 Å². The summed E-state index contributed by atoms with van der Waals surface area (Å²) in [5.74, 6) is -1.21. The highest BCUT2D eigenvalue weighted by molar-refractivity contribution is 6.31. The van der Waals surface area contributed by atoms with Crippen LogP contribution in [0.25, 0.3) is 0 Å². The first-order valence-corrected chi connectivity index (χ1v) is 6.31. The molecule has 1 aliphatic heterocycles. The second-order valence-corrected chi connectivity index (χ2v) is 4.89. The molecule has 0 saturated carbocycles. The molecule has 0 spiro atoms. The van der Waals surface area contributed by atoms with Crippen LogP contribution >= 0.6 is 11.6 Å². The number of carbonyl (C=O) groups is 2. The monoisotopic (exact) mass is 293 g/mol. The highest BCUT2D eigenvalue weighted by atomic mass is 35.5. The zero-order chi connectivity index (χ0) is 14.7. The minimum atomic E-state index is -0.991. The molecule has 2 N–H and O–H groups in total. The number of rotatable bonds is 3. The number of carbonyl (C=O) groups excluding carboxylic acids is 1. The van der Waals surface area contributed by atoms with E-state index in [1.165, 1.54) is 6.07 Å². The van der Waals surface area contributed by atoms with Crippen LogP contribution in [-0.4, -0.2) is 41.0 Å². The number of hydrogen-bond donors (Lipinski definition) is 2. The molecule has 0 bridgehead atoms. The van der Waals surface area contributed by atoms with Crippen LogP contribution in [0.3, 0.4) is 0 Å². The predicted octanol–water partition coefficient (Wildman–Crippen LogP) is 0.597. The summed E-state index contributed by atoms with van der Waals surface area (Å²) in [6.45, 7) is 0.324. The normalized spacial score (nSPS) is 19.2. The fourth-order valence-corrected chi connectivity index (χ4v) is 2.30. The quantitative estimate of drug-likeness (QED) is 0.851. The lowest BCUT2D eigenvalue weighted by molar-refractivity contribution is -0.146. The Balaban J connectivity index is 2.20. The van der Waals surface area contributed by atoms with Gasteiger partial charge in [-0.25, -0.2) is 0 Å². The van der Waals surface area contributed by atoms with E-state index in [4.69, 9.17) is 22.0 Å². The summed E-state index contributed by atoms with van der Waals surface area (Å²) < 4.78 is 0. The Kier molecular flexibility index (Phi) is 4.23. The molecule has 7 heteroatoms. The SMILES string of the molecule is N#Cc1ccc(CN2CC(=O)NCC2C(=O)O)c(Cl)c1. The summed E-state index contributed by atoms with van der Waals surface area (Å²) in [6, 6.07) is 6.01. The van der Waals surface area contributed by atoms with Crippen molar-refractivity contribution in [2.24, 2.45) is 0 Å². The Bertz CT molecular complexity index is 597. The van der Waals surface area contributed by atoms with Crippen molar-refractivity contribution < 1.29 is 14.7 Å². The molecule has 0 aromatic heterocycles. The lowest BCUT2D eigenvalue weighted by Gasteiger charge is -2.32. The second kappa shape index (κ2) is 5.90. The Morgan fingerprint density at radius 2 is 2.35 bits per heavy atom. The molecule has 1 aromatic carbocycles. The number of carboxylic acid groups (broad SMARTS) is 1. The summed E-state index contributed by atoms with van der Waals surface area (Å²) in [5, 5.41) is 20.8. The molecule has 0 aliphatic carbocycles. The van der Waals surface area contributed by atoms with Crippen LogP contribution in [0, 0.1) is 11.3 Å². The van der Waals surface area contributed by atoms with Crippen molar-refractivity contribution in [1.29, 1.82) is 5.26 Å². The first-order valence-electron chi connectivity index (χ1n) is 5.93. The van der Waals surface area contributed by atoms with Gasteiger partial charge in [0.05, 0.1) is 18.2 Å². The van der Waals surface area contributed by atoms with Crippen molar-refractivity contribution in [3.05, 3.63) is 34.3 Å². The van der Waals surface area contributed by atoms with E-state index in [2.05, 4.69) is 5.32 Å². The highest BCUT2D eigenvalue weighted by Crippen LogP contribution is 2.21. The summed E-state index contributed by atoms with van der Waals surface area (Å²) in [4.78, 5) is 24.1. The highest BCUT2D eigenvalue weighted by Gasteiger charge is 2.32. The smallest absolute Gasteiger partial charge is 0.322 e. The maximum Gasteiger partial charge on any atom is 0.322 e. The van der Waals surface area contributed by atoms with E-state index < -0.39 is 12.0 Å². The molecule has 1 aromatic rings. The van der Waals surface area contributed by atoms with Crippen LogP contribution in [0.4, 0.5) is 0 Å². The van der Waals surface area contributed by atoms with Gasteiger partial charge >= 0.3 is 5.97 Å². The third-order valence-electron chi connectivity index (χ3n) is 3.12. The summed E-state index contributed by atoms with van der Waals surface area (Å²) in [5.41, 5.74) is 1.12. The molecule has 2 rings (SSSR count). The molecular formula is C13H12ClN3O3. The molecule has 104 valence electrons. The number of nitrogens with zero attached hydrogens (tertiary/aromatic N) is 2. The Hall–Kier alpha value is -2.10. The predicted molar refractivity (Wildman–Crippen MR) is 71.0 cm³/mol. The van der Waals surface area contributed by atoms with Crippen molar-refractivity contribution in [2.75, 3.05) is 13.1 Å². The van der Waals surface area contributed by atoms with Crippen LogP contribution in [0.5, 0.6) is 0 Å². The Morgan fingerprint density at radius 3 is 2.95 bits per heavy atom. The molecule has 1 heterocycles. The lowest BCUT2D eigenvalue weighted by atomic mass is 10.1. The fraction of sp³-hybridized carbons (Fsp3) is 0.308. The van der Waals surface area contributed by atoms with E-state index in [1.54, 1.807) is 17.0 Å². The molecule has 6 nitrogen and oxygen atoms in total. The van der Waals surface area contributed by atoms with Gasteiger partial charge < -0.3 is 10.4 Å². The van der Waals surface area contributed by atoms with Gasteiger partial charge in [0.15, 0.2) is 0 Å². The standard InChI is InChI=1S/C13H12ClN3O3/c14-10-3-8(4-15)1-2-9(10)6-17-7-12(18)16-5-11(17)13(19)20/h1-3,11H,5-7H2,(H,16,18)(H,19,20). The van der Waals surface area contributed by atoms with E-state index in [1.807, 2.05) is 6.07 Å². The van der Waals surface area contributed by atoms with Gasteiger partial charge in [0.1, 0.15) is 6.04 Å². The van der Waals surface area contributed by atoms with E-state index in [9.17, 15) is 9.59 Å². The molecule has 1 aliphatic rings. The molecule has 0 radical (unpaired) electrons. The first kappa shape index (κ1) is 14.3. The molecule has 1 amide bonds. The van der Waals surface area contributed by atoms with Gasteiger partial charge in [0.2, 0.25) is 5.91 Å². The topological polar surface area (TPSA) is 93.4 Å². The lowest BCUT2D eigenvalue weighted by Crippen LogP contribution is -2.56. The van der Waals surface area contributed by atoms with Gasteiger partial charge in [-0.1, -0.05) is 17.7 Å². The van der Waals surface area contributed by atoms with Crippen molar-refractivity contribution in [3.63, 3.8) is 0 Å². The van der Waals surface area contributed by atoms with Gasteiger partial charge in [-0.15, -0.1) is 0 Å². The van der Waals surface area contributed by atoms with Crippen molar-refractivity contribution >= 4 is 23.5 Å². The van der Waals surface area contributed by atoms with E-state index in [0.29, 0.717) is 16.1 Å². The zero-order valence-electron chi connectivity index (χ0n) is 10.5. The van der Waals surface area contributed by atoms with Crippen LogP contribution in [0.2, 0.25) is 5.02 Å². The molecule has 20 heavy (non-hydrogen) atoms. The van der Waals surface area contributed by atoms with Crippen LogP contribution in [-0.2, 0) is 16.1 Å². The van der Waals surface area contributed by atoms with Crippen molar-refractivity contribution in [1.82, 2.24) is 10.2 Å². The van der Waals surface area contributed by atoms with Crippen LogP contribution < -0.4 is 5.32 Å². The van der Waals surface area contributed by atoms with Gasteiger partial charge in [-0.05, 0) is 17.7 Å². The molecular weight excluding hydrogens is 282 g/mol. The second-order valence-electron chi connectivity index (χ2n) is 4.48. The first-order chi connectivity index (χ1) is 9.51. The van der Waals surface area contributed by atoms with Crippen LogP contribution in [0.15, 0.2) is 18.2 Å². The molecule has 1 saturated heterocycles. The zero-order valence-corrected chi connectivity index (χ0v) is 11.2. The third kappa shape index (κ3) is 3.07. The minimum absolute atomic E-state index is 0.00724. The fourth-order valence-electron chi connectivity index (χ4n) is 2.06. The summed E-state index contributed by atoms with van der Waals surface area (Å²) in [7, 11) is 0. The maximum absolute atomic E-state index is 11.4. The van der Waals surface area contributed by atoms with Gasteiger partial charge in [0, 0.05) is 18.1 Å². The summed E-state index contributed by atoms with van der Waals surface area (Å²) in [6.07, 6.45) is 0. The van der Waals surface area contributed by atoms with E-state index >= 15 is 0 Å². The number of nitrogens with one attached hydrogen (secondary N) is 1. The number of hydrogen-bond acceptors (Lipinski definition) is 4. The molecule has 1 atom stereocenters. The number of carboxylic acids is 1.